The fraction of sp³-hybridized carbons (Fsp3) is 0.154. The van der Waals surface area contributed by atoms with E-state index in [-0.39, 0.29) is 0 Å². The average Bonchev–Trinajstić information content (AvgIpc) is 2.38. The lowest BCUT2D eigenvalue weighted by atomic mass is 10.1. The number of pyridine rings is 1. The molecular formula is C13H12BrNO2. The summed E-state index contributed by atoms with van der Waals surface area (Å²) in [7, 11) is 3.27. The first-order valence-electron chi connectivity index (χ1n) is 5.09. The van der Waals surface area contributed by atoms with Gasteiger partial charge in [0.2, 0.25) is 0 Å². The summed E-state index contributed by atoms with van der Waals surface area (Å²) in [4.78, 5) is 4.20. The molecule has 0 aliphatic carbocycles. The van der Waals surface area contributed by atoms with E-state index in [1.165, 1.54) is 0 Å². The Balaban J connectivity index is 2.56. The van der Waals surface area contributed by atoms with Gasteiger partial charge < -0.3 is 9.47 Å². The van der Waals surface area contributed by atoms with Crippen molar-refractivity contribution in [3.05, 3.63) is 41.1 Å². The van der Waals surface area contributed by atoms with Gasteiger partial charge in [-0.05, 0) is 40.2 Å². The van der Waals surface area contributed by atoms with Crippen molar-refractivity contribution >= 4 is 15.9 Å². The molecule has 0 fully saturated rings. The maximum atomic E-state index is 5.37. The number of halogens is 1. The molecule has 3 nitrogen and oxygen atoms in total. The maximum absolute atomic E-state index is 5.37. The smallest absolute Gasteiger partial charge is 0.130 e. The lowest BCUT2D eigenvalue weighted by molar-refractivity contribution is 0.395. The van der Waals surface area contributed by atoms with Gasteiger partial charge in [-0.1, -0.05) is 0 Å². The number of methoxy groups -OCH3 is 2. The van der Waals surface area contributed by atoms with E-state index in [4.69, 9.17) is 9.47 Å². The molecule has 1 aromatic carbocycles. The van der Waals surface area contributed by atoms with Crippen LogP contribution in [0.2, 0.25) is 0 Å². The van der Waals surface area contributed by atoms with E-state index in [0.717, 1.165) is 27.2 Å². The highest BCUT2D eigenvalue weighted by atomic mass is 79.9. The van der Waals surface area contributed by atoms with Crippen LogP contribution in [0.25, 0.3) is 11.1 Å². The second-order valence-corrected chi connectivity index (χ2v) is 4.16. The SMILES string of the molecule is COc1ccc(-c2cccnc2Br)c(OC)c1. The summed E-state index contributed by atoms with van der Waals surface area (Å²) in [5.74, 6) is 1.53. The summed E-state index contributed by atoms with van der Waals surface area (Å²) in [5.41, 5.74) is 1.97. The Kier molecular flexibility index (Phi) is 3.64. The third-order valence-electron chi connectivity index (χ3n) is 2.46. The van der Waals surface area contributed by atoms with E-state index in [0.29, 0.717) is 0 Å². The minimum Gasteiger partial charge on any atom is -0.497 e. The van der Waals surface area contributed by atoms with Crippen molar-refractivity contribution in [2.75, 3.05) is 14.2 Å². The van der Waals surface area contributed by atoms with E-state index in [2.05, 4.69) is 20.9 Å². The minimum absolute atomic E-state index is 0.762. The number of aromatic nitrogens is 1. The summed E-state index contributed by atoms with van der Waals surface area (Å²) in [6.45, 7) is 0. The Morgan fingerprint density at radius 2 is 1.88 bits per heavy atom. The molecule has 1 heterocycles. The largest absolute Gasteiger partial charge is 0.497 e. The number of hydrogen-bond donors (Lipinski definition) is 0. The average molecular weight is 294 g/mol. The zero-order valence-electron chi connectivity index (χ0n) is 9.61. The van der Waals surface area contributed by atoms with Crippen LogP contribution in [-0.2, 0) is 0 Å². The topological polar surface area (TPSA) is 31.4 Å². The zero-order chi connectivity index (χ0) is 12.3. The Bertz CT molecular complexity index is 529. The van der Waals surface area contributed by atoms with Crippen LogP contribution in [0.3, 0.4) is 0 Å². The molecule has 0 atom stereocenters. The Morgan fingerprint density at radius 3 is 2.53 bits per heavy atom. The van der Waals surface area contributed by atoms with Crippen molar-refractivity contribution in [2.24, 2.45) is 0 Å². The van der Waals surface area contributed by atoms with Gasteiger partial charge in [0.05, 0.1) is 14.2 Å². The summed E-state index contributed by atoms with van der Waals surface area (Å²) in [6.07, 6.45) is 1.74. The van der Waals surface area contributed by atoms with Gasteiger partial charge >= 0.3 is 0 Å². The normalized spacial score (nSPS) is 10.1. The summed E-state index contributed by atoms with van der Waals surface area (Å²) in [6, 6.07) is 9.59. The number of ether oxygens (including phenoxy) is 2. The maximum Gasteiger partial charge on any atom is 0.130 e. The van der Waals surface area contributed by atoms with Gasteiger partial charge in [0.25, 0.3) is 0 Å². The predicted molar refractivity (Wildman–Crippen MR) is 70.5 cm³/mol. The molecule has 0 radical (unpaired) electrons. The Hall–Kier alpha value is -1.55. The third-order valence-corrected chi connectivity index (χ3v) is 3.09. The van der Waals surface area contributed by atoms with Gasteiger partial charge in [0, 0.05) is 23.4 Å². The monoisotopic (exact) mass is 293 g/mol. The Labute approximate surface area is 109 Å². The second kappa shape index (κ2) is 5.19. The van der Waals surface area contributed by atoms with E-state index < -0.39 is 0 Å². The summed E-state index contributed by atoms with van der Waals surface area (Å²) >= 11 is 3.43. The molecular weight excluding hydrogens is 282 g/mol. The molecule has 17 heavy (non-hydrogen) atoms. The van der Waals surface area contributed by atoms with Crippen molar-refractivity contribution in [1.82, 2.24) is 4.98 Å². The van der Waals surface area contributed by atoms with Crippen LogP contribution in [0.15, 0.2) is 41.1 Å². The van der Waals surface area contributed by atoms with Gasteiger partial charge in [0.1, 0.15) is 16.1 Å². The van der Waals surface area contributed by atoms with Gasteiger partial charge in [0.15, 0.2) is 0 Å². The van der Waals surface area contributed by atoms with Gasteiger partial charge in [-0.3, -0.25) is 0 Å². The zero-order valence-corrected chi connectivity index (χ0v) is 11.2. The third kappa shape index (κ3) is 2.42. The summed E-state index contributed by atoms with van der Waals surface area (Å²) < 4.78 is 11.3. The van der Waals surface area contributed by atoms with Crippen LogP contribution in [0, 0.1) is 0 Å². The van der Waals surface area contributed by atoms with Crippen LogP contribution in [0.4, 0.5) is 0 Å². The van der Waals surface area contributed by atoms with Crippen LogP contribution < -0.4 is 9.47 Å². The van der Waals surface area contributed by atoms with Crippen LogP contribution in [0.1, 0.15) is 0 Å². The second-order valence-electron chi connectivity index (χ2n) is 3.41. The molecule has 0 amide bonds. The highest BCUT2D eigenvalue weighted by molar-refractivity contribution is 9.10. The molecule has 0 unspecified atom stereocenters. The lowest BCUT2D eigenvalue weighted by Crippen LogP contribution is -1.91. The van der Waals surface area contributed by atoms with Crippen molar-refractivity contribution in [3.8, 4) is 22.6 Å². The lowest BCUT2D eigenvalue weighted by Gasteiger charge is -2.11. The fourth-order valence-corrected chi connectivity index (χ4v) is 2.07. The first kappa shape index (κ1) is 11.9. The molecule has 0 saturated heterocycles. The molecule has 1 aromatic heterocycles. The molecule has 0 spiro atoms. The van der Waals surface area contributed by atoms with Crippen molar-refractivity contribution in [1.29, 1.82) is 0 Å². The summed E-state index contributed by atoms with van der Waals surface area (Å²) in [5, 5.41) is 0. The first-order valence-corrected chi connectivity index (χ1v) is 5.88. The van der Waals surface area contributed by atoms with E-state index in [1.807, 2.05) is 30.3 Å². The molecule has 4 heteroatoms. The van der Waals surface area contributed by atoms with Crippen LogP contribution in [0.5, 0.6) is 11.5 Å². The molecule has 2 aromatic rings. The van der Waals surface area contributed by atoms with Gasteiger partial charge in [-0.2, -0.15) is 0 Å². The van der Waals surface area contributed by atoms with E-state index in [9.17, 15) is 0 Å². The van der Waals surface area contributed by atoms with Crippen molar-refractivity contribution in [3.63, 3.8) is 0 Å². The molecule has 0 saturated carbocycles. The number of benzene rings is 1. The predicted octanol–water partition coefficient (Wildman–Crippen LogP) is 3.53. The number of hydrogen-bond acceptors (Lipinski definition) is 3. The molecule has 88 valence electrons. The number of nitrogens with zero attached hydrogens (tertiary/aromatic N) is 1. The highest BCUT2D eigenvalue weighted by Crippen LogP contribution is 2.35. The Morgan fingerprint density at radius 1 is 1.06 bits per heavy atom. The van der Waals surface area contributed by atoms with Gasteiger partial charge in [-0.25, -0.2) is 4.98 Å². The molecule has 0 N–H and O–H groups in total. The first-order chi connectivity index (χ1) is 8.26. The van der Waals surface area contributed by atoms with Crippen LogP contribution >= 0.6 is 15.9 Å². The van der Waals surface area contributed by atoms with Crippen molar-refractivity contribution in [2.45, 2.75) is 0 Å². The fourth-order valence-electron chi connectivity index (χ4n) is 1.61. The standard InChI is InChI=1S/C13H12BrNO2/c1-16-9-5-6-10(12(8-9)17-2)11-4-3-7-15-13(11)14/h3-8H,1-2H3. The van der Waals surface area contributed by atoms with Gasteiger partial charge in [-0.15, -0.1) is 0 Å². The van der Waals surface area contributed by atoms with Crippen molar-refractivity contribution < 1.29 is 9.47 Å². The molecule has 0 bridgehead atoms. The molecule has 2 rings (SSSR count). The molecule has 0 aliphatic heterocycles. The van der Waals surface area contributed by atoms with Crippen LogP contribution in [-0.4, -0.2) is 19.2 Å². The van der Waals surface area contributed by atoms with E-state index in [1.54, 1.807) is 20.4 Å². The highest BCUT2D eigenvalue weighted by Gasteiger charge is 2.10. The van der Waals surface area contributed by atoms with E-state index >= 15 is 0 Å². The molecule has 0 aliphatic rings. The quantitative estimate of drug-likeness (QED) is 0.812. The number of rotatable bonds is 3. The minimum atomic E-state index is 0.762.